The molecular formula is C8H8ClN3S. The van der Waals surface area contributed by atoms with E-state index in [1.807, 2.05) is 10.6 Å². The molecule has 0 aromatic carbocycles. The Morgan fingerprint density at radius 2 is 2.38 bits per heavy atom. The maximum Gasteiger partial charge on any atom is 0.172 e. The van der Waals surface area contributed by atoms with Gasteiger partial charge in [0.2, 0.25) is 0 Å². The normalized spacial score (nSPS) is 10.9. The van der Waals surface area contributed by atoms with Gasteiger partial charge in [0.25, 0.3) is 0 Å². The summed E-state index contributed by atoms with van der Waals surface area (Å²) in [5.74, 6) is 0.999. The highest BCUT2D eigenvalue weighted by atomic mass is 35.5. The smallest absolute Gasteiger partial charge is 0.172 e. The molecule has 0 aliphatic carbocycles. The molecule has 68 valence electrons. The van der Waals surface area contributed by atoms with Crippen molar-refractivity contribution < 1.29 is 0 Å². The van der Waals surface area contributed by atoms with Crippen molar-refractivity contribution in [2.24, 2.45) is 0 Å². The molecule has 0 N–H and O–H groups in total. The van der Waals surface area contributed by atoms with Crippen LogP contribution in [0.15, 0.2) is 23.7 Å². The van der Waals surface area contributed by atoms with E-state index < -0.39 is 0 Å². The highest BCUT2D eigenvalue weighted by molar-refractivity contribution is 7.99. The largest absolute Gasteiger partial charge is 0.290 e. The number of fused-ring (bicyclic) bond motifs is 1. The summed E-state index contributed by atoms with van der Waals surface area (Å²) in [5, 5.41) is 1.46. The van der Waals surface area contributed by atoms with Crippen LogP contribution in [0, 0.1) is 0 Å². The van der Waals surface area contributed by atoms with Crippen LogP contribution >= 0.6 is 23.4 Å². The zero-order valence-electron chi connectivity index (χ0n) is 7.07. The first-order chi connectivity index (χ1) is 6.33. The molecule has 2 rings (SSSR count). The number of halogens is 1. The molecule has 2 heterocycles. The minimum absolute atomic E-state index is 0.498. The number of rotatable bonds is 2. The lowest BCUT2D eigenvalue weighted by atomic mass is 10.6. The summed E-state index contributed by atoms with van der Waals surface area (Å²) >= 11 is 7.57. The minimum Gasteiger partial charge on any atom is -0.290 e. The first-order valence-electron chi connectivity index (χ1n) is 3.93. The van der Waals surface area contributed by atoms with Crippen molar-refractivity contribution in [3.05, 3.63) is 23.7 Å². The van der Waals surface area contributed by atoms with Gasteiger partial charge in [-0.2, -0.15) is 0 Å². The van der Waals surface area contributed by atoms with Crippen LogP contribution in [0.1, 0.15) is 6.92 Å². The topological polar surface area (TPSA) is 30.2 Å². The third kappa shape index (κ3) is 1.51. The summed E-state index contributed by atoms with van der Waals surface area (Å²) in [6, 6.07) is 0. The van der Waals surface area contributed by atoms with E-state index >= 15 is 0 Å². The van der Waals surface area contributed by atoms with Crippen LogP contribution in [0.3, 0.4) is 0 Å². The number of aromatic nitrogens is 3. The van der Waals surface area contributed by atoms with E-state index in [0.717, 1.165) is 16.4 Å². The van der Waals surface area contributed by atoms with E-state index in [4.69, 9.17) is 11.6 Å². The van der Waals surface area contributed by atoms with Gasteiger partial charge >= 0.3 is 0 Å². The lowest BCUT2D eigenvalue weighted by Gasteiger charge is -1.98. The predicted octanol–water partition coefficient (Wildman–Crippen LogP) is 2.49. The molecule has 13 heavy (non-hydrogen) atoms. The summed E-state index contributed by atoms with van der Waals surface area (Å²) in [5.41, 5.74) is 0.861. The van der Waals surface area contributed by atoms with Gasteiger partial charge in [0, 0.05) is 12.4 Å². The van der Waals surface area contributed by atoms with E-state index in [1.54, 1.807) is 24.2 Å². The van der Waals surface area contributed by atoms with Crippen LogP contribution in [0.25, 0.3) is 5.52 Å². The van der Waals surface area contributed by atoms with Crippen molar-refractivity contribution in [1.29, 1.82) is 0 Å². The fourth-order valence-corrected chi connectivity index (χ4v) is 1.99. The van der Waals surface area contributed by atoms with E-state index in [9.17, 15) is 0 Å². The van der Waals surface area contributed by atoms with Gasteiger partial charge in [-0.05, 0) is 5.75 Å². The highest BCUT2D eigenvalue weighted by Crippen LogP contribution is 2.21. The number of hydrogen-bond donors (Lipinski definition) is 0. The molecule has 0 spiro atoms. The molecule has 0 bridgehead atoms. The van der Waals surface area contributed by atoms with Crippen LogP contribution in [0.5, 0.6) is 0 Å². The van der Waals surface area contributed by atoms with Gasteiger partial charge < -0.3 is 0 Å². The van der Waals surface area contributed by atoms with Crippen molar-refractivity contribution in [1.82, 2.24) is 14.4 Å². The molecule has 0 saturated carbocycles. The summed E-state index contributed by atoms with van der Waals surface area (Å²) < 4.78 is 1.95. The minimum atomic E-state index is 0.498. The second kappa shape index (κ2) is 3.55. The average molecular weight is 214 g/mol. The monoisotopic (exact) mass is 213 g/mol. The van der Waals surface area contributed by atoms with Gasteiger partial charge in [-0.15, -0.1) is 0 Å². The fraction of sp³-hybridized carbons (Fsp3) is 0.250. The quantitative estimate of drug-likeness (QED) is 0.719. The lowest BCUT2D eigenvalue weighted by Crippen LogP contribution is -1.88. The lowest BCUT2D eigenvalue weighted by molar-refractivity contribution is 0.948. The van der Waals surface area contributed by atoms with Crippen LogP contribution in [0.2, 0.25) is 5.15 Å². The third-order valence-electron chi connectivity index (χ3n) is 1.65. The molecule has 5 heteroatoms. The maximum absolute atomic E-state index is 5.89. The summed E-state index contributed by atoms with van der Waals surface area (Å²) in [7, 11) is 0. The highest BCUT2D eigenvalue weighted by Gasteiger charge is 2.05. The Balaban J connectivity index is 2.61. The van der Waals surface area contributed by atoms with E-state index in [1.165, 1.54) is 0 Å². The van der Waals surface area contributed by atoms with Gasteiger partial charge in [-0.25, -0.2) is 9.97 Å². The van der Waals surface area contributed by atoms with E-state index in [2.05, 4.69) is 16.9 Å². The Bertz CT molecular complexity index is 426. The zero-order chi connectivity index (χ0) is 9.26. The predicted molar refractivity (Wildman–Crippen MR) is 54.4 cm³/mol. The molecule has 0 aliphatic rings. The SMILES string of the molecule is CCSc1ncc2c(Cl)nccn12. The molecule has 0 unspecified atom stereocenters. The molecule has 0 aliphatic heterocycles. The first-order valence-corrected chi connectivity index (χ1v) is 5.29. The molecule has 3 nitrogen and oxygen atoms in total. The molecular weight excluding hydrogens is 206 g/mol. The van der Waals surface area contributed by atoms with Crippen LogP contribution in [-0.4, -0.2) is 20.1 Å². The Hall–Kier alpha value is -0.740. The molecule has 0 fully saturated rings. The molecule has 0 saturated heterocycles. The number of thioether (sulfide) groups is 1. The molecule has 2 aromatic rings. The summed E-state index contributed by atoms with van der Waals surface area (Å²) in [6.45, 7) is 2.09. The Morgan fingerprint density at radius 1 is 1.54 bits per heavy atom. The second-order valence-electron chi connectivity index (χ2n) is 2.45. The number of hydrogen-bond acceptors (Lipinski definition) is 3. The molecule has 0 atom stereocenters. The zero-order valence-corrected chi connectivity index (χ0v) is 8.64. The molecule has 2 aromatic heterocycles. The van der Waals surface area contributed by atoms with Gasteiger partial charge in [-0.1, -0.05) is 30.3 Å². The van der Waals surface area contributed by atoms with Crippen molar-refractivity contribution >= 4 is 28.9 Å². The fourth-order valence-electron chi connectivity index (χ4n) is 1.11. The molecule has 0 radical (unpaired) electrons. The first kappa shape index (κ1) is 8.84. The summed E-state index contributed by atoms with van der Waals surface area (Å²) in [4.78, 5) is 8.22. The number of nitrogens with zero attached hydrogens (tertiary/aromatic N) is 3. The second-order valence-corrected chi connectivity index (χ2v) is 4.04. The maximum atomic E-state index is 5.89. The van der Waals surface area contributed by atoms with Crippen molar-refractivity contribution in [3.63, 3.8) is 0 Å². The van der Waals surface area contributed by atoms with Gasteiger partial charge in [0.1, 0.15) is 5.52 Å². The molecule has 0 amide bonds. The Labute approximate surface area is 85.1 Å². The van der Waals surface area contributed by atoms with Crippen molar-refractivity contribution in [2.45, 2.75) is 12.1 Å². The van der Waals surface area contributed by atoms with Crippen LogP contribution in [0.4, 0.5) is 0 Å². The van der Waals surface area contributed by atoms with Crippen LogP contribution in [-0.2, 0) is 0 Å². The standard InChI is InChI=1S/C8H8ClN3S/c1-2-13-8-11-5-6-7(9)10-3-4-12(6)8/h3-5H,2H2,1H3. The van der Waals surface area contributed by atoms with Crippen LogP contribution < -0.4 is 0 Å². The van der Waals surface area contributed by atoms with Gasteiger partial charge in [-0.3, -0.25) is 4.40 Å². The third-order valence-corrected chi connectivity index (χ3v) is 2.79. The van der Waals surface area contributed by atoms with E-state index in [0.29, 0.717) is 5.15 Å². The number of imidazole rings is 1. The Kier molecular flexibility index (Phi) is 2.42. The van der Waals surface area contributed by atoms with Gasteiger partial charge in [0.15, 0.2) is 10.3 Å². The van der Waals surface area contributed by atoms with E-state index in [-0.39, 0.29) is 0 Å². The Morgan fingerprint density at radius 3 is 3.15 bits per heavy atom. The van der Waals surface area contributed by atoms with Crippen molar-refractivity contribution in [3.8, 4) is 0 Å². The average Bonchev–Trinajstić information content (AvgIpc) is 2.51. The summed E-state index contributed by atoms with van der Waals surface area (Å²) in [6.07, 6.45) is 5.29. The van der Waals surface area contributed by atoms with Gasteiger partial charge in [0.05, 0.1) is 6.20 Å². The van der Waals surface area contributed by atoms with Crippen molar-refractivity contribution in [2.75, 3.05) is 5.75 Å².